The maximum absolute atomic E-state index is 13.0. The van der Waals surface area contributed by atoms with Crippen molar-refractivity contribution in [3.8, 4) is 11.5 Å². The first-order valence-corrected chi connectivity index (χ1v) is 10.9. The van der Waals surface area contributed by atoms with E-state index in [0.717, 1.165) is 33.5 Å². The molecular formula is C27H26FNO4. The number of aliphatic carboxylic acids is 1. The molecule has 2 N–H and O–H groups in total. The van der Waals surface area contributed by atoms with Gasteiger partial charge in [0.1, 0.15) is 17.3 Å². The molecule has 5 nitrogen and oxygen atoms in total. The number of halogens is 1. The molecule has 0 aliphatic heterocycles. The molecule has 1 aromatic heterocycles. The molecule has 33 heavy (non-hydrogen) atoms. The van der Waals surface area contributed by atoms with E-state index in [1.165, 1.54) is 12.1 Å². The highest BCUT2D eigenvalue weighted by Crippen LogP contribution is 2.22. The number of rotatable bonds is 10. The summed E-state index contributed by atoms with van der Waals surface area (Å²) < 4.78 is 24.6. The Morgan fingerprint density at radius 1 is 0.970 bits per heavy atom. The molecule has 4 rings (SSSR count). The highest BCUT2D eigenvalue weighted by molar-refractivity contribution is 5.82. The lowest BCUT2D eigenvalue weighted by atomic mass is 10.0. The average Bonchev–Trinajstić information content (AvgIpc) is 3.20. The molecule has 0 saturated heterocycles. The zero-order chi connectivity index (χ0) is 23.2. The Bertz CT molecular complexity index is 1220. The zero-order valence-electron chi connectivity index (χ0n) is 18.4. The summed E-state index contributed by atoms with van der Waals surface area (Å²) in [4.78, 5) is 14.3. The van der Waals surface area contributed by atoms with E-state index < -0.39 is 5.97 Å². The number of H-pyrrole nitrogens is 1. The predicted octanol–water partition coefficient (Wildman–Crippen LogP) is 5.74. The van der Waals surface area contributed by atoms with E-state index in [2.05, 4.69) is 11.9 Å². The average molecular weight is 448 g/mol. The van der Waals surface area contributed by atoms with E-state index in [1.807, 2.05) is 48.5 Å². The Hall–Kier alpha value is -3.80. The lowest BCUT2D eigenvalue weighted by Crippen LogP contribution is -2.07. The Labute approximate surface area is 191 Å². The molecule has 0 bridgehead atoms. The fourth-order valence-corrected chi connectivity index (χ4v) is 3.68. The molecule has 0 fully saturated rings. The summed E-state index contributed by atoms with van der Waals surface area (Å²) in [6.07, 6.45) is 0.735. The minimum atomic E-state index is -0.834. The molecule has 0 radical (unpaired) electrons. The highest BCUT2D eigenvalue weighted by atomic mass is 19.1. The number of fused-ring (bicyclic) bond motifs is 1. The van der Waals surface area contributed by atoms with Crippen LogP contribution < -0.4 is 9.47 Å². The highest BCUT2D eigenvalue weighted by Gasteiger charge is 2.08. The van der Waals surface area contributed by atoms with Crippen LogP contribution in [0.3, 0.4) is 0 Å². The van der Waals surface area contributed by atoms with Crippen molar-refractivity contribution < 1.29 is 23.8 Å². The number of hydrogen-bond donors (Lipinski definition) is 2. The summed E-state index contributed by atoms with van der Waals surface area (Å²) in [7, 11) is 0. The number of ether oxygens (including phenoxy) is 2. The summed E-state index contributed by atoms with van der Waals surface area (Å²) in [5, 5.41) is 9.96. The van der Waals surface area contributed by atoms with Gasteiger partial charge in [-0.2, -0.15) is 0 Å². The number of aromatic nitrogens is 1. The first-order chi connectivity index (χ1) is 16.0. The lowest BCUT2D eigenvalue weighted by molar-refractivity contribution is -0.136. The largest absolute Gasteiger partial charge is 0.493 e. The van der Waals surface area contributed by atoms with E-state index in [0.29, 0.717) is 25.4 Å². The maximum Gasteiger partial charge on any atom is 0.307 e. The molecule has 1 atom stereocenters. The molecule has 170 valence electrons. The van der Waals surface area contributed by atoms with Crippen molar-refractivity contribution in [2.24, 2.45) is 0 Å². The third-order valence-electron chi connectivity index (χ3n) is 5.50. The van der Waals surface area contributed by atoms with Crippen molar-refractivity contribution in [1.29, 1.82) is 0 Å². The molecule has 1 heterocycles. The summed E-state index contributed by atoms with van der Waals surface area (Å²) in [6.45, 7) is 3.11. The molecule has 0 amide bonds. The van der Waals surface area contributed by atoms with Crippen LogP contribution in [0.2, 0.25) is 0 Å². The van der Waals surface area contributed by atoms with Gasteiger partial charge in [-0.15, -0.1) is 0 Å². The van der Waals surface area contributed by atoms with Crippen molar-refractivity contribution in [3.63, 3.8) is 0 Å². The first kappa shape index (κ1) is 22.4. The van der Waals surface area contributed by atoms with Gasteiger partial charge in [0.15, 0.2) is 0 Å². The van der Waals surface area contributed by atoms with E-state index in [9.17, 15) is 9.18 Å². The topological polar surface area (TPSA) is 71.6 Å². The molecule has 0 aliphatic carbocycles. The van der Waals surface area contributed by atoms with Crippen LogP contribution in [0.15, 0.2) is 72.8 Å². The second-order valence-electron chi connectivity index (χ2n) is 8.12. The third-order valence-corrected chi connectivity index (χ3v) is 5.50. The van der Waals surface area contributed by atoms with Gasteiger partial charge in [-0.3, -0.25) is 4.79 Å². The fraction of sp³-hybridized carbons (Fsp3) is 0.222. The second-order valence-corrected chi connectivity index (χ2v) is 8.12. The standard InChI is InChI=1S/C27H26FNO4/c1-18(17-33-25-9-5-22(28)6-10-25)20-3-7-24(8-4-20)32-13-12-23-16-21-14-19(15-27(30)31)2-11-26(21)29-23/h2-11,14,16,18,29H,12-13,15,17H2,1H3,(H,30,31). The van der Waals surface area contributed by atoms with Crippen LogP contribution in [0.25, 0.3) is 10.9 Å². The van der Waals surface area contributed by atoms with Crippen LogP contribution in [0.5, 0.6) is 11.5 Å². The van der Waals surface area contributed by atoms with Crippen molar-refractivity contribution in [1.82, 2.24) is 4.98 Å². The number of hydrogen-bond acceptors (Lipinski definition) is 3. The van der Waals surface area contributed by atoms with Gasteiger partial charge < -0.3 is 19.6 Å². The molecule has 0 spiro atoms. The van der Waals surface area contributed by atoms with Gasteiger partial charge in [0.05, 0.1) is 19.6 Å². The molecule has 1 unspecified atom stereocenters. The van der Waals surface area contributed by atoms with Gasteiger partial charge in [0.2, 0.25) is 0 Å². The monoisotopic (exact) mass is 447 g/mol. The van der Waals surface area contributed by atoms with Crippen LogP contribution in [-0.4, -0.2) is 29.3 Å². The quantitative estimate of drug-likeness (QED) is 0.325. The number of carboxylic acids is 1. The minimum Gasteiger partial charge on any atom is -0.493 e. The van der Waals surface area contributed by atoms with Crippen LogP contribution in [-0.2, 0) is 17.6 Å². The van der Waals surface area contributed by atoms with Crippen molar-refractivity contribution in [3.05, 3.63) is 95.4 Å². The van der Waals surface area contributed by atoms with Crippen molar-refractivity contribution in [2.45, 2.75) is 25.7 Å². The summed E-state index contributed by atoms with van der Waals surface area (Å²) in [6, 6.07) is 21.7. The van der Waals surface area contributed by atoms with Crippen LogP contribution in [0.1, 0.15) is 29.7 Å². The molecule has 0 saturated carbocycles. The van der Waals surface area contributed by atoms with E-state index >= 15 is 0 Å². The van der Waals surface area contributed by atoms with Crippen LogP contribution >= 0.6 is 0 Å². The molecule has 0 aliphatic rings. The van der Waals surface area contributed by atoms with Crippen LogP contribution in [0, 0.1) is 5.82 Å². The van der Waals surface area contributed by atoms with E-state index in [-0.39, 0.29) is 18.2 Å². The number of carbonyl (C=O) groups is 1. The van der Waals surface area contributed by atoms with Gasteiger partial charge in [0, 0.05) is 23.5 Å². The van der Waals surface area contributed by atoms with E-state index in [1.54, 1.807) is 12.1 Å². The maximum atomic E-state index is 13.0. The van der Waals surface area contributed by atoms with Gasteiger partial charge in [-0.25, -0.2) is 4.39 Å². The fourth-order valence-electron chi connectivity index (χ4n) is 3.68. The number of benzene rings is 3. The van der Waals surface area contributed by atoms with Crippen molar-refractivity contribution >= 4 is 16.9 Å². The molecule has 4 aromatic rings. The molecular weight excluding hydrogens is 421 g/mol. The second kappa shape index (κ2) is 10.2. The zero-order valence-corrected chi connectivity index (χ0v) is 18.4. The number of carboxylic acid groups (broad SMARTS) is 1. The van der Waals surface area contributed by atoms with Gasteiger partial charge in [-0.05, 0) is 71.1 Å². The SMILES string of the molecule is CC(COc1ccc(F)cc1)c1ccc(OCCc2cc3cc(CC(=O)O)ccc3[nH]2)cc1. The minimum absolute atomic E-state index is 0.0204. The normalized spacial score (nSPS) is 11.9. The first-order valence-electron chi connectivity index (χ1n) is 10.9. The van der Waals surface area contributed by atoms with Gasteiger partial charge in [0.25, 0.3) is 0 Å². The molecule has 3 aromatic carbocycles. The Morgan fingerprint density at radius 2 is 1.67 bits per heavy atom. The van der Waals surface area contributed by atoms with Gasteiger partial charge >= 0.3 is 5.97 Å². The van der Waals surface area contributed by atoms with Crippen LogP contribution in [0.4, 0.5) is 4.39 Å². The molecule has 6 heteroatoms. The summed E-state index contributed by atoms with van der Waals surface area (Å²) >= 11 is 0. The number of aromatic amines is 1. The smallest absolute Gasteiger partial charge is 0.307 e. The Kier molecular flexibility index (Phi) is 6.93. The Morgan fingerprint density at radius 3 is 2.39 bits per heavy atom. The summed E-state index contributed by atoms with van der Waals surface area (Å²) in [5.41, 5.74) is 3.95. The van der Waals surface area contributed by atoms with E-state index in [4.69, 9.17) is 14.6 Å². The summed E-state index contributed by atoms with van der Waals surface area (Å²) in [5.74, 6) is 0.518. The lowest BCUT2D eigenvalue weighted by Gasteiger charge is -2.14. The van der Waals surface area contributed by atoms with Crippen molar-refractivity contribution in [2.75, 3.05) is 13.2 Å². The Balaban J connectivity index is 1.26. The predicted molar refractivity (Wildman–Crippen MR) is 126 cm³/mol. The van der Waals surface area contributed by atoms with Gasteiger partial charge in [-0.1, -0.05) is 25.1 Å². The third kappa shape index (κ3) is 6.13. The number of nitrogens with one attached hydrogen (secondary N) is 1.